The summed E-state index contributed by atoms with van der Waals surface area (Å²) >= 11 is 3.37. The SMILES string of the molecule is Cc1ccc(NC(=O)/C(=C\c2ccc3c(c2)OCO3)NC(=O)c2ccccc2Br)cc1. The molecule has 3 aromatic rings. The molecule has 0 saturated carbocycles. The van der Waals surface area contributed by atoms with E-state index in [1.165, 1.54) is 0 Å². The van der Waals surface area contributed by atoms with Crippen molar-refractivity contribution >= 4 is 39.5 Å². The van der Waals surface area contributed by atoms with E-state index in [1.54, 1.807) is 54.6 Å². The Hall–Kier alpha value is -3.58. The van der Waals surface area contributed by atoms with Crippen molar-refractivity contribution in [3.63, 3.8) is 0 Å². The predicted octanol–water partition coefficient (Wildman–Crippen LogP) is 4.90. The molecule has 0 fully saturated rings. The second-order valence-electron chi connectivity index (χ2n) is 6.92. The maximum absolute atomic E-state index is 13.0. The number of fused-ring (bicyclic) bond motifs is 1. The number of benzene rings is 3. The predicted molar refractivity (Wildman–Crippen MR) is 122 cm³/mol. The minimum atomic E-state index is -0.443. The van der Waals surface area contributed by atoms with Gasteiger partial charge >= 0.3 is 0 Å². The van der Waals surface area contributed by atoms with E-state index in [0.29, 0.717) is 32.8 Å². The van der Waals surface area contributed by atoms with Crippen molar-refractivity contribution in [1.29, 1.82) is 0 Å². The van der Waals surface area contributed by atoms with E-state index < -0.39 is 11.8 Å². The zero-order chi connectivity index (χ0) is 21.8. The van der Waals surface area contributed by atoms with Crippen LogP contribution < -0.4 is 20.1 Å². The van der Waals surface area contributed by atoms with Crippen LogP contribution in [0.3, 0.4) is 0 Å². The van der Waals surface area contributed by atoms with Gasteiger partial charge in [0.15, 0.2) is 11.5 Å². The molecule has 31 heavy (non-hydrogen) atoms. The molecule has 7 heteroatoms. The zero-order valence-corrected chi connectivity index (χ0v) is 18.2. The zero-order valence-electron chi connectivity index (χ0n) is 16.6. The van der Waals surface area contributed by atoms with Crippen molar-refractivity contribution in [3.05, 3.63) is 93.6 Å². The van der Waals surface area contributed by atoms with E-state index in [-0.39, 0.29) is 12.5 Å². The maximum Gasteiger partial charge on any atom is 0.272 e. The number of nitrogens with one attached hydrogen (secondary N) is 2. The van der Waals surface area contributed by atoms with Crippen LogP contribution in [0, 0.1) is 6.92 Å². The van der Waals surface area contributed by atoms with Crippen LogP contribution in [0.25, 0.3) is 6.08 Å². The van der Waals surface area contributed by atoms with E-state index in [9.17, 15) is 9.59 Å². The molecule has 0 bridgehead atoms. The summed E-state index contributed by atoms with van der Waals surface area (Å²) in [5.41, 5.74) is 2.91. The van der Waals surface area contributed by atoms with E-state index in [4.69, 9.17) is 9.47 Å². The van der Waals surface area contributed by atoms with E-state index >= 15 is 0 Å². The van der Waals surface area contributed by atoms with Crippen LogP contribution in [0.2, 0.25) is 0 Å². The molecular formula is C24H19BrN2O4. The molecule has 0 spiro atoms. The lowest BCUT2D eigenvalue weighted by molar-refractivity contribution is -0.113. The van der Waals surface area contributed by atoms with Crippen molar-refractivity contribution < 1.29 is 19.1 Å². The minimum absolute atomic E-state index is 0.0974. The fourth-order valence-electron chi connectivity index (χ4n) is 3.00. The Balaban J connectivity index is 1.64. The van der Waals surface area contributed by atoms with Crippen molar-refractivity contribution in [3.8, 4) is 11.5 Å². The molecule has 1 aliphatic heterocycles. The van der Waals surface area contributed by atoms with Gasteiger partial charge in [-0.15, -0.1) is 0 Å². The smallest absolute Gasteiger partial charge is 0.272 e. The number of carbonyl (C=O) groups excluding carboxylic acids is 2. The minimum Gasteiger partial charge on any atom is -0.454 e. The van der Waals surface area contributed by atoms with Crippen molar-refractivity contribution in [1.82, 2.24) is 5.32 Å². The molecule has 1 heterocycles. The van der Waals surface area contributed by atoms with Crippen molar-refractivity contribution in [2.24, 2.45) is 0 Å². The topological polar surface area (TPSA) is 76.7 Å². The Labute approximate surface area is 188 Å². The molecular weight excluding hydrogens is 460 g/mol. The Kier molecular flexibility index (Phi) is 6.04. The number of hydrogen-bond donors (Lipinski definition) is 2. The van der Waals surface area contributed by atoms with E-state index in [1.807, 2.05) is 25.1 Å². The van der Waals surface area contributed by atoms with Crippen LogP contribution in [0.1, 0.15) is 21.5 Å². The molecule has 0 unspecified atom stereocenters. The Morgan fingerprint density at radius 3 is 2.48 bits per heavy atom. The molecule has 2 N–H and O–H groups in total. The molecule has 4 rings (SSSR count). The molecule has 0 aliphatic carbocycles. The highest BCUT2D eigenvalue weighted by Crippen LogP contribution is 2.33. The van der Waals surface area contributed by atoms with Crippen LogP contribution in [-0.4, -0.2) is 18.6 Å². The van der Waals surface area contributed by atoms with Crippen LogP contribution in [0.15, 0.2) is 76.9 Å². The Morgan fingerprint density at radius 2 is 1.71 bits per heavy atom. The lowest BCUT2D eigenvalue weighted by Gasteiger charge is -2.12. The lowest BCUT2D eigenvalue weighted by Crippen LogP contribution is -2.31. The average molecular weight is 479 g/mol. The highest BCUT2D eigenvalue weighted by atomic mass is 79.9. The van der Waals surface area contributed by atoms with Gasteiger partial charge < -0.3 is 20.1 Å². The van der Waals surface area contributed by atoms with Gasteiger partial charge in [0.25, 0.3) is 11.8 Å². The van der Waals surface area contributed by atoms with Gasteiger partial charge in [-0.25, -0.2) is 0 Å². The van der Waals surface area contributed by atoms with Gasteiger partial charge in [0.2, 0.25) is 6.79 Å². The molecule has 0 atom stereocenters. The summed E-state index contributed by atoms with van der Waals surface area (Å²) < 4.78 is 11.4. The molecule has 2 amide bonds. The van der Waals surface area contributed by atoms with Gasteiger partial charge in [-0.1, -0.05) is 35.9 Å². The summed E-state index contributed by atoms with van der Waals surface area (Å²) in [5, 5.41) is 5.55. The molecule has 1 aliphatic rings. The number of aryl methyl sites for hydroxylation is 1. The van der Waals surface area contributed by atoms with Gasteiger partial charge in [-0.3, -0.25) is 9.59 Å². The summed E-state index contributed by atoms with van der Waals surface area (Å²) in [6, 6.07) is 19.7. The molecule has 156 valence electrons. The van der Waals surface area contributed by atoms with Crippen molar-refractivity contribution in [2.75, 3.05) is 12.1 Å². The third-order valence-corrected chi connectivity index (χ3v) is 5.32. The number of carbonyl (C=O) groups is 2. The van der Waals surface area contributed by atoms with Crippen molar-refractivity contribution in [2.45, 2.75) is 6.92 Å². The van der Waals surface area contributed by atoms with Crippen LogP contribution in [-0.2, 0) is 4.79 Å². The van der Waals surface area contributed by atoms with E-state index in [2.05, 4.69) is 26.6 Å². The standard InChI is InChI=1S/C24H19BrN2O4/c1-15-6-9-17(10-7-15)26-24(29)20(27-23(28)18-4-2-3-5-19(18)25)12-16-8-11-21-22(13-16)31-14-30-21/h2-13H,14H2,1H3,(H,26,29)(H,27,28)/b20-12+. The first-order chi connectivity index (χ1) is 15.0. The van der Waals surface area contributed by atoms with Crippen LogP contribution in [0.4, 0.5) is 5.69 Å². The third kappa shape index (κ3) is 4.95. The molecule has 6 nitrogen and oxygen atoms in total. The summed E-state index contributed by atoms with van der Waals surface area (Å²) in [6.45, 7) is 2.12. The first kappa shape index (κ1) is 20.7. The van der Waals surface area contributed by atoms with Gasteiger partial charge in [-0.05, 0) is 70.9 Å². The first-order valence-corrected chi connectivity index (χ1v) is 10.3. The quantitative estimate of drug-likeness (QED) is 0.511. The van der Waals surface area contributed by atoms with Crippen LogP contribution in [0.5, 0.6) is 11.5 Å². The van der Waals surface area contributed by atoms with Gasteiger partial charge in [-0.2, -0.15) is 0 Å². The van der Waals surface area contributed by atoms with Gasteiger partial charge in [0.05, 0.1) is 5.56 Å². The monoisotopic (exact) mass is 478 g/mol. The highest BCUT2D eigenvalue weighted by molar-refractivity contribution is 9.10. The van der Waals surface area contributed by atoms with Gasteiger partial charge in [0.1, 0.15) is 5.70 Å². The Morgan fingerprint density at radius 1 is 0.968 bits per heavy atom. The lowest BCUT2D eigenvalue weighted by atomic mass is 10.1. The number of halogens is 1. The maximum atomic E-state index is 13.0. The second kappa shape index (κ2) is 9.06. The number of ether oxygens (including phenoxy) is 2. The number of hydrogen-bond acceptors (Lipinski definition) is 4. The largest absolute Gasteiger partial charge is 0.454 e. The molecule has 0 aromatic heterocycles. The average Bonchev–Trinajstić information content (AvgIpc) is 3.23. The molecule has 3 aromatic carbocycles. The fourth-order valence-corrected chi connectivity index (χ4v) is 3.46. The first-order valence-electron chi connectivity index (χ1n) is 9.55. The van der Waals surface area contributed by atoms with Gasteiger partial charge in [0, 0.05) is 10.2 Å². The normalized spacial score (nSPS) is 12.4. The summed E-state index contributed by atoms with van der Waals surface area (Å²) in [6.07, 6.45) is 1.60. The summed E-state index contributed by atoms with van der Waals surface area (Å²) in [4.78, 5) is 25.9. The summed E-state index contributed by atoms with van der Waals surface area (Å²) in [7, 11) is 0. The molecule has 0 saturated heterocycles. The second-order valence-corrected chi connectivity index (χ2v) is 7.78. The number of amides is 2. The Bertz CT molecular complexity index is 1170. The highest BCUT2D eigenvalue weighted by Gasteiger charge is 2.18. The summed E-state index contributed by atoms with van der Waals surface area (Å²) in [5.74, 6) is 0.379. The third-order valence-electron chi connectivity index (χ3n) is 4.63. The number of anilines is 1. The van der Waals surface area contributed by atoms with E-state index in [0.717, 1.165) is 5.56 Å². The van der Waals surface area contributed by atoms with Crippen LogP contribution >= 0.6 is 15.9 Å². The fraction of sp³-hybridized carbons (Fsp3) is 0.0833. The molecule has 0 radical (unpaired) electrons. The number of rotatable bonds is 5.